The van der Waals surface area contributed by atoms with E-state index in [0.717, 1.165) is 6.42 Å². The predicted octanol–water partition coefficient (Wildman–Crippen LogP) is 2.33. The van der Waals surface area contributed by atoms with Gasteiger partial charge in [0.2, 0.25) is 5.88 Å². The van der Waals surface area contributed by atoms with E-state index in [-0.39, 0.29) is 0 Å². The Morgan fingerprint density at radius 3 is 2.73 bits per heavy atom. The summed E-state index contributed by atoms with van der Waals surface area (Å²) in [5.74, 6) is 1.70. The normalized spacial score (nSPS) is 10.3. The number of ether oxygens (including phenoxy) is 1. The minimum absolute atomic E-state index is 0.464. The predicted molar refractivity (Wildman–Crippen MR) is 60.8 cm³/mol. The van der Waals surface area contributed by atoms with Gasteiger partial charge in [-0.25, -0.2) is 4.98 Å². The first kappa shape index (κ1) is 11.8. The fourth-order valence-electron chi connectivity index (χ4n) is 1.34. The minimum Gasteiger partial charge on any atom is -0.478 e. The minimum atomic E-state index is 0.464. The Morgan fingerprint density at radius 2 is 2.07 bits per heavy atom. The molecule has 0 fully saturated rings. The topological polar surface area (TPSA) is 61.0 Å². The molecule has 1 rings (SSSR count). The number of aromatic nitrogens is 2. The third-order valence-corrected chi connectivity index (χ3v) is 2.08. The maximum atomic E-state index is 5.58. The molecule has 0 aromatic carbocycles. The molecule has 4 heteroatoms. The number of rotatable bonds is 6. The molecular weight excluding hydrogens is 190 g/mol. The molecule has 0 radical (unpaired) electrons. The lowest BCUT2D eigenvalue weighted by Crippen LogP contribution is -2.02. The number of hydrogen-bond acceptors (Lipinski definition) is 4. The van der Waals surface area contributed by atoms with Crippen LogP contribution in [-0.4, -0.2) is 16.6 Å². The summed E-state index contributed by atoms with van der Waals surface area (Å²) in [6.45, 7) is 4.70. The van der Waals surface area contributed by atoms with Crippen molar-refractivity contribution in [1.29, 1.82) is 0 Å². The second-order valence-electron chi connectivity index (χ2n) is 3.59. The van der Waals surface area contributed by atoms with Gasteiger partial charge in [-0.1, -0.05) is 26.2 Å². The average molecular weight is 209 g/mol. The lowest BCUT2D eigenvalue weighted by atomic mass is 10.2. The zero-order chi connectivity index (χ0) is 11.1. The zero-order valence-electron chi connectivity index (χ0n) is 9.49. The molecule has 0 aliphatic heterocycles. The van der Waals surface area contributed by atoms with E-state index in [1.165, 1.54) is 19.3 Å². The van der Waals surface area contributed by atoms with Crippen molar-refractivity contribution in [3.05, 3.63) is 11.9 Å². The molecule has 0 saturated carbocycles. The van der Waals surface area contributed by atoms with E-state index >= 15 is 0 Å². The summed E-state index contributed by atoms with van der Waals surface area (Å²) < 4.78 is 5.48. The SMILES string of the molecule is CCCCCCOc1cc(N)nc(C)n1. The number of nitrogen functional groups attached to an aromatic ring is 1. The molecule has 0 aliphatic carbocycles. The standard InChI is InChI=1S/C11H19N3O/c1-3-4-5-6-7-15-11-8-10(12)13-9(2)14-11/h8H,3-7H2,1-2H3,(H2,12,13,14). The molecule has 84 valence electrons. The van der Waals surface area contributed by atoms with Gasteiger partial charge in [-0.15, -0.1) is 0 Å². The lowest BCUT2D eigenvalue weighted by molar-refractivity contribution is 0.293. The molecule has 4 nitrogen and oxygen atoms in total. The molecule has 0 unspecified atom stereocenters. The van der Waals surface area contributed by atoms with Gasteiger partial charge in [-0.2, -0.15) is 4.98 Å². The molecule has 0 spiro atoms. The summed E-state index contributed by atoms with van der Waals surface area (Å²) in [6.07, 6.45) is 4.76. The van der Waals surface area contributed by atoms with Gasteiger partial charge in [0, 0.05) is 6.07 Å². The van der Waals surface area contributed by atoms with Crippen LogP contribution in [0, 0.1) is 6.92 Å². The molecule has 0 aliphatic rings. The van der Waals surface area contributed by atoms with Crippen LogP contribution in [0.2, 0.25) is 0 Å². The number of aryl methyl sites for hydroxylation is 1. The van der Waals surface area contributed by atoms with E-state index in [0.29, 0.717) is 24.1 Å². The Labute approximate surface area is 90.9 Å². The number of anilines is 1. The fourth-order valence-corrected chi connectivity index (χ4v) is 1.34. The summed E-state index contributed by atoms with van der Waals surface area (Å²) in [7, 11) is 0. The zero-order valence-corrected chi connectivity index (χ0v) is 9.49. The van der Waals surface area contributed by atoms with Gasteiger partial charge in [0.15, 0.2) is 0 Å². The third kappa shape index (κ3) is 4.63. The van der Waals surface area contributed by atoms with Gasteiger partial charge >= 0.3 is 0 Å². The number of nitrogens with zero attached hydrogens (tertiary/aromatic N) is 2. The van der Waals surface area contributed by atoms with E-state index in [4.69, 9.17) is 10.5 Å². The van der Waals surface area contributed by atoms with Crippen molar-refractivity contribution >= 4 is 5.82 Å². The number of unbranched alkanes of at least 4 members (excludes halogenated alkanes) is 3. The number of nitrogens with two attached hydrogens (primary N) is 1. The molecular formula is C11H19N3O. The first-order valence-electron chi connectivity index (χ1n) is 5.46. The molecule has 0 bridgehead atoms. The van der Waals surface area contributed by atoms with Crippen molar-refractivity contribution in [3.63, 3.8) is 0 Å². The Hall–Kier alpha value is -1.32. The molecule has 2 N–H and O–H groups in total. The van der Waals surface area contributed by atoms with Crippen LogP contribution in [0.3, 0.4) is 0 Å². The molecule has 15 heavy (non-hydrogen) atoms. The molecule has 1 aromatic rings. The van der Waals surface area contributed by atoms with Gasteiger partial charge in [0.05, 0.1) is 6.61 Å². The summed E-state index contributed by atoms with van der Waals surface area (Å²) in [5.41, 5.74) is 5.58. The Bertz CT molecular complexity index is 282. The van der Waals surface area contributed by atoms with Crippen LogP contribution in [0.1, 0.15) is 38.4 Å². The largest absolute Gasteiger partial charge is 0.478 e. The van der Waals surface area contributed by atoms with Crippen molar-refractivity contribution in [2.45, 2.75) is 39.5 Å². The summed E-state index contributed by atoms with van der Waals surface area (Å²) in [6, 6.07) is 1.66. The van der Waals surface area contributed by atoms with E-state index < -0.39 is 0 Å². The van der Waals surface area contributed by atoms with Crippen LogP contribution >= 0.6 is 0 Å². The second-order valence-corrected chi connectivity index (χ2v) is 3.59. The van der Waals surface area contributed by atoms with E-state index in [1.54, 1.807) is 13.0 Å². The van der Waals surface area contributed by atoms with Crippen LogP contribution in [-0.2, 0) is 0 Å². The molecule has 0 atom stereocenters. The van der Waals surface area contributed by atoms with Crippen molar-refractivity contribution in [2.24, 2.45) is 0 Å². The summed E-state index contributed by atoms with van der Waals surface area (Å²) in [4.78, 5) is 8.12. The Balaban J connectivity index is 2.31. The van der Waals surface area contributed by atoms with Gasteiger partial charge in [-0.3, -0.25) is 0 Å². The lowest BCUT2D eigenvalue weighted by Gasteiger charge is -2.05. The van der Waals surface area contributed by atoms with Crippen molar-refractivity contribution in [1.82, 2.24) is 9.97 Å². The van der Waals surface area contributed by atoms with Crippen LogP contribution in [0.15, 0.2) is 6.07 Å². The first-order valence-corrected chi connectivity index (χ1v) is 5.46. The number of hydrogen-bond donors (Lipinski definition) is 1. The molecule has 0 amide bonds. The highest BCUT2D eigenvalue weighted by molar-refractivity contribution is 5.32. The highest BCUT2D eigenvalue weighted by Gasteiger charge is 1.99. The Morgan fingerprint density at radius 1 is 1.27 bits per heavy atom. The highest BCUT2D eigenvalue weighted by Crippen LogP contribution is 2.11. The Kier molecular flexibility index (Phi) is 4.87. The van der Waals surface area contributed by atoms with Crippen molar-refractivity contribution in [3.8, 4) is 5.88 Å². The van der Waals surface area contributed by atoms with Crippen molar-refractivity contribution < 1.29 is 4.74 Å². The molecule has 1 heterocycles. The van der Waals surface area contributed by atoms with Gasteiger partial charge in [-0.05, 0) is 13.3 Å². The van der Waals surface area contributed by atoms with Crippen LogP contribution in [0.4, 0.5) is 5.82 Å². The maximum absolute atomic E-state index is 5.58. The molecule has 1 aromatic heterocycles. The van der Waals surface area contributed by atoms with Crippen LogP contribution in [0.25, 0.3) is 0 Å². The third-order valence-electron chi connectivity index (χ3n) is 2.08. The summed E-state index contributed by atoms with van der Waals surface area (Å²) in [5, 5.41) is 0. The van der Waals surface area contributed by atoms with Crippen molar-refractivity contribution in [2.75, 3.05) is 12.3 Å². The molecule has 0 saturated heterocycles. The average Bonchev–Trinajstić information content (AvgIpc) is 2.16. The monoisotopic (exact) mass is 209 g/mol. The van der Waals surface area contributed by atoms with E-state index in [2.05, 4.69) is 16.9 Å². The fraction of sp³-hybridized carbons (Fsp3) is 0.636. The van der Waals surface area contributed by atoms with Crippen LogP contribution in [0.5, 0.6) is 5.88 Å². The summed E-state index contributed by atoms with van der Waals surface area (Å²) >= 11 is 0. The second kappa shape index (κ2) is 6.22. The van der Waals surface area contributed by atoms with Gasteiger partial charge in [0.1, 0.15) is 11.6 Å². The quantitative estimate of drug-likeness (QED) is 0.730. The van der Waals surface area contributed by atoms with E-state index in [1.807, 2.05) is 0 Å². The smallest absolute Gasteiger partial charge is 0.218 e. The first-order chi connectivity index (χ1) is 7.22. The van der Waals surface area contributed by atoms with E-state index in [9.17, 15) is 0 Å². The van der Waals surface area contributed by atoms with Crippen LogP contribution < -0.4 is 10.5 Å². The van der Waals surface area contributed by atoms with Gasteiger partial charge in [0.25, 0.3) is 0 Å². The highest BCUT2D eigenvalue weighted by atomic mass is 16.5. The van der Waals surface area contributed by atoms with Gasteiger partial charge < -0.3 is 10.5 Å². The maximum Gasteiger partial charge on any atom is 0.218 e.